The molecule has 2 heterocycles. The highest BCUT2D eigenvalue weighted by atomic mass is 32.1. The van der Waals surface area contributed by atoms with E-state index in [1.807, 2.05) is 23.1 Å². The highest BCUT2D eigenvalue weighted by Crippen LogP contribution is 2.50. The molecule has 2 fully saturated rings. The highest BCUT2D eigenvalue weighted by Gasteiger charge is 2.46. The highest BCUT2D eigenvalue weighted by molar-refractivity contribution is 7.10. The standard InChI is InChI=1S/C21H24N2O4S/c1-26-15-4-2-5-16(12-15)27-14-20(24)22-7-9-23(10-8-22)21(25)18-13-17(18)19-6-3-11-28-19/h2-6,11-12,17-18H,7-10,13-14H2,1H3. The van der Waals surface area contributed by atoms with Gasteiger partial charge in [0.15, 0.2) is 6.61 Å². The summed E-state index contributed by atoms with van der Waals surface area (Å²) >= 11 is 1.73. The molecule has 0 radical (unpaired) electrons. The third-order valence-electron chi connectivity index (χ3n) is 5.36. The molecule has 2 atom stereocenters. The topological polar surface area (TPSA) is 59.1 Å². The summed E-state index contributed by atoms with van der Waals surface area (Å²) < 4.78 is 10.7. The van der Waals surface area contributed by atoms with E-state index in [1.165, 1.54) is 4.88 Å². The zero-order chi connectivity index (χ0) is 19.5. The molecule has 1 saturated heterocycles. The van der Waals surface area contributed by atoms with Crippen molar-refractivity contribution in [2.24, 2.45) is 5.92 Å². The van der Waals surface area contributed by atoms with Gasteiger partial charge in [-0.25, -0.2) is 0 Å². The Bertz CT molecular complexity index is 831. The van der Waals surface area contributed by atoms with Gasteiger partial charge < -0.3 is 19.3 Å². The van der Waals surface area contributed by atoms with Crippen LogP contribution in [0.1, 0.15) is 17.2 Å². The largest absolute Gasteiger partial charge is 0.497 e. The van der Waals surface area contributed by atoms with Crippen LogP contribution in [0.5, 0.6) is 11.5 Å². The number of benzene rings is 1. The average Bonchev–Trinajstić information content (AvgIpc) is 3.36. The van der Waals surface area contributed by atoms with Gasteiger partial charge in [0, 0.05) is 49.0 Å². The first-order valence-corrected chi connectivity index (χ1v) is 10.4. The molecule has 2 unspecified atom stereocenters. The Hall–Kier alpha value is -2.54. The molecule has 1 aliphatic carbocycles. The lowest BCUT2D eigenvalue weighted by molar-refractivity contribution is -0.141. The van der Waals surface area contributed by atoms with Crippen LogP contribution in [0.3, 0.4) is 0 Å². The minimum absolute atomic E-state index is 0.00973. The second-order valence-corrected chi connectivity index (χ2v) is 8.12. The van der Waals surface area contributed by atoms with E-state index in [4.69, 9.17) is 9.47 Å². The molecular weight excluding hydrogens is 376 g/mol. The van der Waals surface area contributed by atoms with Crippen LogP contribution in [0.15, 0.2) is 41.8 Å². The van der Waals surface area contributed by atoms with E-state index in [9.17, 15) is 9.59 Å². The van der Waals surface area contributed by atoms with Crippen LogP contribution < -0.4 is 9.47 Å². The Morgan fingerprint density at radius 3 is 2.54 bits per heavy atom. The van der Waals surface area contributed by atoms with Crippen molar-refractivity contribution in [2.75, 3.05) is 39.9 Å². The second-order valence-electron chi connectivity index (χ2n) is 7.14. The Morgan fingerprint density at radius 2 is 1.82 bits per heavy atom. The van der Waals surface area contributed by atoms with Crippen molar-refractivity contribution < 1.29 is 19.1 Å². The molecule has 6 nitrogen and oxygen atoms in total. The molecule has 28 heavy (non-hydrogen) atoms. The Labute approximate surface area is 168 Å². The van der Waals surface area contributed by atoms with Crippen molar-refractivity contribution in [2.45, 2.75) is 12.3 Å². The van der Waals surface area contributed by atoms with E-state index in [2.05, 4.69) is 11.4 Å². The second kappa shape index (κ2) is 8.22. The van der Waals surface area contributed by atoms with E-state index in [1.54, 1.807) is 35.5 Å². The smallest absolute Gasteiger partial charge is 0.260 e. The number of hydrogen-bond donors (Lipinski definition) is 0. The third-order valence-corrected chi connectivity index (χ3v) is 6.37. The van der Waals surface area contributed by atoms with Gasteiger partial charge in [-0.15, -0.1) is 11.3 Å². The number of methoxy groups -OCH3 is 1. The molecule has 1 aromatic carbocycles. The van der Waals surface area contributed by atoms with Crippen LogP contribution in [0.25, 0.3) is 0 Å². The first-order chi connectivity index (χ1) is 13.7. The van der Waals surface area contributed by atoms with E-state index in [0.717, 1.165) is 6.42 Å². The SMILES string of the molecule is COc1cccc(OCC(=O)N2CCN(C(=O)C3CC3c3cccs3)CC2)c1. The lowest BCUT2D eigenvalue weighted by Gasteiger charge is -2.35. The number of carbonyl (C=O) groups is 2. The molecule has 1 aromatic heterocycles. The molecule has 2 aromatic rings. The maximum atomic E-state index is 12.7. The number of thiophene rings is 1. The van der Waals surface area contributed by atoms with Gasteiger partial charge in [0.25, 0.3) is 5.91 Å². The van der Waals surface area contributed by atoms with E-state index in [0.29, 0.717) is 43.6 Å². The van der Waals surface area contributed by atoms with E-state index >= 15 is 0 Å². The maximum Gasteiger partial charge on any atom is 0.260 e. The third kappa shape index (κ3) is 4.14. The molecule has 148 valence electrons. The molecule has 1 saturated carbocycles. The molecule has 0 bridgehead atoms. The van der Waals surface area contributed by atoms with Gasteiger partial charge >= 0.3 is 0 Å². The van der Waals surface area contributed by atoms with Gasteiger partial charge in [0.2, 0.25) is 5.91 Å². The van der Waals surface area contributed by atoms with Crippen molar-refractivity contribution >= 4 is 23.2 Å². The molecule has 4 rings (SSSR count). The summed E-state index contributed by atoms with van der Waals surface area (Å²) in [6.45, 7) is 2.30. The summed E-state index contributed by atoms with van der Waals surface area (Å²) in [5.41, 5.74) is 0. The number of ether oxygens (including phenoxy) is 2. The van der Waals surface area contributed by atoms with Crippen molar-refractivity contribution in [1.82, 2.24) is 9.80 Å². The lowest BCUT2D eigenvalue weighted by Crippen LogP contribution is -2.52. The minimum atomic E-state index is -0.0576. The number of piperazine rings is 1. The number of amides is 2. The molecule has 2 amide bonds. The van der Waals surface area contributed by atoms with Crippen molar-refractivity contribution in [3.8, 4) is 11.5 Å². The minimum Gasteiger partial charge on any atom is -0.497 e. The zero-order valence-electron chi connectivity index (χ0n) is 15.9. The average molecular weight is 401 g/mol. The van der Waals surface area contributed by atoms with Gasteiger partial charge in [0.1, 0.15) is 11.5 Å². The predicted octanol–water partition coefficient (Wildman–Crippen LogP) is 2.61. The molecule has 7 heteroatoms. The summed E-state index contributed by atoms with van der Waals surface area (Å²) in [6.07, 6.45) is 0.951. The Kier molecular flexibility index (Phi) is 5.52. The van der Waals surface area contributed by atoms with Gasteiger partial charge in [-0.1, -0.05) is 12.1 Å². The lowest BCUT2D eigenvalue weighted by atomic mass is 10.2. The normalized spacial score (nSPS) is 21.3. The van der Waals surface area contributed by atoms with E-state index < -0.39 is 0 Å². The van der Waals surface area contributed by atoms with Gasteiger partial charge in [-0.2, -0.15) is 0 Å². The van der Waals surface area contributed by atoms with Crippen LogP contribution in [-0.4, -0.2) is 61.5 Å². The summed E-state index contributed by atoms with van der Waals surface area (Å²) in [6, 6.07) is 11.4. The van der Waals surface area contributed by atoms with Crippen LogP contribution in [0.4, 0.5) is 0 Å². The zero-order valence-corrected chi connectivity index (χ0v) is 16.7. The fourth-order valence-electron chi connectivity index (χ4n) is 3.62. The molecule has 2 aliphatic rings. The van der Waals surface area contributed by atoms with E-state index in [-0.39, 0.29) is 24.3 Å². The number of hydrogen-bond acceptors (Lipinski definition) is 5. The van der Waals surface area contributed by atoms with Crippen molar-refractivity contribution in [3.05, 3.63) is 46.7 Å². The quantitative estimate of drug-likeness (QED) is 0.748. The van der Waals surface area contributed by atoms with Gasteiger partial charge in [-0.05, 0) is 30.0 Å². The summed E-state index contributed by atoms with van der Waals surface area (Å²) in [5, 5.41) is 2.06. The van der Waals surface area contributed by atoms with Crippen molar-refractivity contribution in [3.63, 3.8) is 0 Å². The Balaban J connectivity index is 1.22. The van der Waals surface area contributed by atoms with Crippen molar-refractivity contribution in [1.29, 1.82) is 0 Å². The first-order valence-electron chi connectivity index (χ1n) is 9.52. The van der Waals surface area contributed by atoms with Gasteiger partial charge in [0.05, 0.1) is 7.11 Å². The maximum absolute atomic E-state index is 12.7. The molecule has 1 aliphatic heterocycles. The summed E-state index contributed by atoms with van der Waals surface area (Å²) in [7, 11) is 1.59. The number of nitrogens with zero attached hydrogens (tertiary/aromatic N) is 2. The van der Waals surface area contributed by atoms with Crippen LogP contribution in [-0.2, 0) is 9.59 Å². The van der Waals surface area contributed by atoms with Crippen LogP contribution in [0, 0.1) is 5.92 Å². The number of rotatable bonds is 6. The molecule has 0 spiro atoms. The van der Waals surface area contributed by atoms with Crippen LogP contribution in [0.2, 0.25) is 0 Å². The predicted molar refractivity (Wildman–Crippen MR) is 107 cm³/mol. The molecule has 0 N–H and O–H groups in total. The molecular formula is C21H24N2O4S. The number of carbonyl (C=O) groups excluding carboxylic acids is 2. The van der Waals surface area contributed by atoms with Crippen LogP contribution >= 0.6 is 11.3 Å². The fourth-order valence-corrected chi connectivity index (χ4v) is 4.53. The first kappa shape index (κ1) is 18.8. The fraction of sp³-hybridized carbons (Fsp3) is 0.429. The summed E-state index contributed by atoms with van der Waals surface area (Å²) in [4.78, 5) is 30.1. The summed E-state index contributed by atoms with van der Waals surface area (Å²) in [5.74, 6) is 1.99. The van der Waals surface area contributed by atoms with Gasteiger partial charge in [-0.3, -0.25) is 9.59 Å². The monoisotopic (exact) mass is 400 g/mol. The Morgan fingerprint density at radius 1 is 1.07 bits per heavy atom.